The van der Waals surface area contributed by atoms with Gasteiger partial charge in [-0.25, -0.2) is 0 Å². The van der Waals surface area contributed by atoms with Gasteiger partial charge >= 0.3 is 6.18 Å². The molecule has 0 aliphatic heterocycles. The van der Waals surface area contributed by atoms with Gasteiger partial charge in [0, 0.05) is 32.7 Å². The summed E-state index contributed by atoms with van der Waals surface area (Å²) in [6, 6.07) is 49.2. The molecule has 8 aromatic carbocycles. The Morgan fingerprint density at radius 1 is 0.438 bits per heavy atom. The van der Waals surface area contributed by atoms with Crippen molar-refractivity contribution in [2.24, 2.45) is 0 Å². The summed E-state index contributed by atoms with van der Waals surface area (Å²) in [5.74, 6) is 0. The lowest BCUT2D eigenvalue weighted by atomic mass is 9.92. The minimum absolute atomic E-state index is 0.137. The van der Waals surface area contributed by atoms with Crippen LogP contribution in [-0.2, 0) is 6.18 Å². The molecule has 0 aliphatic rings. The van der Waals surface area contributed by atoms with E-state index >= 15 is 0 Å². The molecule has 0 atom stereocenters. The summed E-state index contributed by atoms with van der Waals surface area (Å²) >= 11 is 0. The van der Waals surface area contributed by atoms with Gasteiger partial charge < -0.3 is 9.13 Å². The number of nitriles is 2. The van der Waals surface area contributed by atoms with Crippen molar-refractivity contribution in [1.29, 1.82) is 10.5 Å². The van der Waals surface area contributed by atoms with E-state index in [4.69, 9.17) is 0 Å². The van der Waals surface area contributed by atoms with E-state index in [-0.39, 0.29) is 5.56 Å². The van der Waals surface area contributed by atoms with Gasteiger partial charge in [-0.05, 0) is 135 Å². The fourth-order valence-corrected chi connectivity index (χ4v) is 10.4. The van der Waals surface area contributed by atoms with E-state index in [2.05, 4.69) is 136 Å². The van der Waals surface area contributed by atoms with Crippen molar-refractivity contribution in [2.45, 2.75) is 47.7 Å². The summed E-state index contributed by atoms with van der Waals surface area (Å²) in [7, 11) is 0. The van der Waals surface area contributed by atoms with Crippen LogP contribution in [0.3, 0.4) is 0 Å². The maximum absolute atomic E-state index is 14.4. The molecule has 0 unspecified atom stereocenters. The Hall–Kier alpha value is -7.87. The molecule has 310 valence electrons. The second-order valence-electron chi connectivity index (χ2n) is 17.1. The number of rotatable bonds is 5. The van der Waals surface area contributed by atoms with Gasteiger partial charge in [-0.2, -0.15) is 23.7 Å². The molecule has 0 radical (unpaired) electrons. The summed E-state index contributed by atoms with van der Waals surface area (Å²) in [6.45, 7) is 12.6. The highest BCUT2D eigenvalue weighted by atomic mass is 19.4. The smallest absolute Gasteiger partial charge is 0.308 e. The molecule has 0 amide bonds. The zero-order chi connectivity index (χ0) is 44.8. The van der Waals surface area contributed by atoms with Crippen LogP contribution in [0.2, 0.25) is 0 Å². The van der Waals surface area contributed by atoms with Crippen LogP contribution in [0.1, 0.15) is 50.1 Å². The number of aromatic nitrogens is 2. The van der Waals surface area contributed by atoms with E-state index in [0.29, 0.717) is 28.1 Å². The number of hydrogen-bond acceptors (Lipinski definition) is 2. The molecular formula is C57H41F3N4. The zero-order valence-electron chi connectivity index (χ0n) is 36.2. The van der Waals surface area contributed by atoms with Crippen molar-refractivity contribution in [3.63, 3.8) is 0 Å². The maximum atomic E-state index is 14.4. The van der Waals surface area contributed by atoms with Gasteiger partial charge in [0.2, 0.25) is 0 Å². The SMILES string of the molecule is Cc1cc(C)c(-c2ccc3c4ccccc4n(-c4cc(C#N)cc(-n5c6ccccc6c6ccc(-c7c(C)cc(C)cc7C)cc65)c4-c4ccc(C(F)(F)F)cc4C#N)c3c2)c(C)c1. The predicted molar refractivity (Wildman–Crippen MR) is 254 cm³/mol. The van der Waals surface area contributed by atoms with Gasteiger partial charge in [0.05, 0.1) is 62.3 Å². The first-order chi connectivity index (χ1) is 30.7. The van der Waals surface area contributed by atoms with Crippen LogP contribution < -0.4 is 0 Å². The summed E-state index contributed by atoms with van der Waals surface area (Å²) < 4.78 is 47.4. The molecule has 0 spiro atoms. The third-order valence-electron chi connectivity index (χ3n) is 12.7. The average molecular weight is 839 g/mol. The first-order valence-corrected chi connectivity index (χ1v) is 21.2. The number of nitrogens with zero attached hydrogens (tertiary/aromatic N) is 4. The first-order valence-electron chi connectivity index (χ1n) is 21.2. The van der Waals surface area contributed by atoms with E-state index in [0.717, 1.165) is 100 Å². The quantitative estimate of drug-likeness (QED) is 0.173. The molecule has 0 aliphatic carbocycles. The van der Waals surface area contributed by atoms with E-state index in [1.54, 1.807) is 12.1 Å². The summed E-state index contributed by atoms with van der Waals surface area (Å²) in [5, 5.41) is 25.6. The van der Waals surface area contributed by atoms with Crippen LogP contribution >= 0.6 is 0 Å². The van der Waals surface area contributed by atoms with Crippen LogP contribution in [0, 0.1) is 64.2 Å². The van der Waals surface area contributed by atoms with E-state index < -0.39 is 11.7 Å². The van der Waals surface area contributed by atoms with Gasteiger partial charge in [-0.3, -0.25) is 0 Å². The Morgan fingerprint density at radius 3 is 1.30 bits per heavy atom. The van der Waals surface area contributed by atoms with Gasteiger partial charge in [0.25, 0.3) is 0 Å². The molecule has 10 rings (SSSR count). The minimum Gasteiger partial charge on any atom is -0.308 e. The Kier molecular flexibility index (Phi) is 9.36. The molecule has 7 heteroatoms. The number of para-hydroxylation sites is 2. The third kappa shape index (κ3) is 6.35. The lowest BCUT2D eigenvalue weighted by molar-refractivity contribution is -0.137. The van der Waals surface area contributed by atoms with Crippen molar-refractivity contribution in [3.8, 4) is 56.9 Å². The van der Waals surface area contributed by atoms with Crippen molar-refractivity contribution >= 4 is 43.6 Å². The van der Waals surface area contributed by atoms with Gasteiger partial charge in [0.15, 0.2) is 0 Å². The molecule has 4 nitrogen and oxygen atoms in total. The van der Waals surface area contributed by atoms with Crippen LogP contribution in [0.5, 0.6) is 0 Å². The standard InChI is InChI=1S/C57H41F3N4/c1-32-21-34(3)54(35(4)22-32)39-15-18-46-44-11-7-9-13-48(44)63(50(46)28-39)52-25-38(30-61)26-53(56(52)43-20-17-42(57(58,59)60)27-41(43)31-62)64-49-14-10-8-12-45(49)47-19-16-40(29-51(47)64)55-36(5)23-33(2)24-37(55)6/h7-29H,1-6H3. The Balaban J connectivity index is 1.39. The highest BCUT2D eigenvalue weighted by molar-refractivity contribution is 6.13. The number of alkyl halides is 3. The second-order valence-corrected chi connectivity index (χ2v) is 17.1. The minimum atomic E-state index is -4.68. The number of aryl methyl sites for hydroxylation is 6. The largest absolute Gasteiger partial charge is 0.416 e. The molecule has 64 heavy (non-hydrogen) atoms. The predicted octanol–water partition coefficient (Wildman–Crippen LogP) is 15.5. The highest BCUT2D eigenvalue weighted by Gasteiger charge is 2.32. The third-order valence-corrected chi connectivity index (χ3v) is 12.7. The van der Waals surface area contributed by atoms with Gasteiger partial charge in [-0.15, -0.1) is 0 Å². The normalized spacial score (nSPS) is 11.8. The molecule has 0 fully saturated rings. The van der Waals surface area contributed by atoms with Crippen molar-refractivity contribution in [3.05, 3.63) is 190 Å². The molecule has 0 saturated heterocycles. The van der Waals surface area contributed by atoms with E-state index in [1.807, 2.05) is 36.4 Å². The fraction of sp³-hybridized carbons (Fsp3) is 0.123. The monoisotopic (exact) mass is 838 g/mol. The molecule has 2 aromatic heterocycles. The summed E-state index contributed by atoms with van der Waals surface area (Å²) in [6.07, 6.45) is -4.68. The van der Waals surface area contributed by atoms with E-state index in [9.17, 15) is 23.7 Å². The number of fused-ring (bicyclic) bond motifs is 6. The lowest BCUT2D eigenvalue weighted by Gasteiger charge is -2.22. The summed E-state index contributed by atoms with van der Waals surface area (Å²) in [4.78, 5) is 0. The topological polar surface area (TPSA) is 57.4 Å². The Labute approximate surface area is 369 Å². The molecule has 0 bridgehead atoms. The molecule has 0 N–H and O–H groups in total. The number of hydrogen-bond donors (Lipinski definition) is 0. The van der Waals surface area contributed by atoms with Crippen LogP contribution in [0.4, 0.5) is 13.2 Å². The Bertz CT molecular complexity index is 3450. The number of halogens is 3. The van der Waals surface area contributed by atoms with Crippen molar-refractivity contribution in [1.82, 2.24) is 9.13 Å². The summed E-state index contributed by atoms with van der Waals surface area (Å²) in [5.41, 5.74) is 15.7. The Morgan fingerprint density at radius 2 is 0.875 bits per heavy atom. The zero-order valence-corrected chi connectivity index (χ0v) is 36.2. The molecule has 10 aromatic rings. The maximum Gasteiger partial charge on any atom is 0.416 e. The van der Waals surface area contributed by atoms with Gasteiger partial charge in [0.1, 0.15) is 0 Å². The van der Waals surface area contributed by atoms with Crippen LogP contribution in [0.25, 0.3) is 88.4 Å². The molecular weight excluding hydrogens is 798 g/mol. The number of benzene rings is 8. The lowest BCUT2D eigenvalue weighted by Crippen LogP contribution is -2.08. The first kappa shape index (κ1) is 40.2. The molecule has 0 saturated carbocycles. The van der Waals surface area contributed by atoms with Crippen molar-refractivity contribution in [2.75, 3.05) is 0 Å². The average Bonchev–Trinajstić information content (AvgIpc) is 3.77. The van der Waals surface area contributed by atoms with Crippen molar-refractivity contribution < 1.29 is 13.2 Å². The van der Waals surface area contributed by atoms with Gasteiger partial charge in [-0.1, -0.05) is 102 Å². The highest BCUT2D eigenvalue weighted by Crippen LogP contribution is 2.46. The second kappa shape index (κ2) is 14.9. The van der Waals surface area contributed by atoms with E-state index in [1.165, 1.54) is 17.2 Å². The fourth-order valence-electron chi connectivity index (χ4n) is 10.4. The van der Waals surface area contributed by atoms with Crippen LogP contribution in [-0.4, -0.2) is 9.13 Å². The molecule has 2 heterocycles. The van der Waals surface area contributed by atoms with Crippen LogP contribution in [0.15, 0.2) is 140 Å².